The number of benzene rings is 1. The maximum atomic E-state index is 13.1. The van der Waals surface area contributed by atoms with E-state index in [1.54, 1.807) is 40.3 Å². The molecule has 0 aromatic heterocycles. The maximum absolute atomic E-state index is 13.1. The molecule has 1 aromatic carbocycles. The number of hydrogen-bond donors (Lipinski definition) is 0. The van der Waals surface area contributed by atoms with Crippen LogP contribution in [0.15, 0.2) is 29.2 Å². The van der Waals surface area contributed by atoms with Gasteiger partial charge in [-0.2, -0.15) is 4.31 Å². The molecule has 1 unspecified atom stereocenters. The van der Waals surface area contributed by atoms with Gasteiger partial charge in [0, 0.05) is 33.7 Å². The molecule has 0 bridgehead atoms. The number of carbonyl (C=O) groups is 1. The van der Waals surface area contributed by atoms with E-state index < -0.39 is 15.6 Å². The second kappa shape index (κ2) is 5.20. The van der Waals surface area contributed by atoms with Crippen molar-refractivity contribution in [3.8, 4) is 0 Å². The van der Waals surface area contributed by atoms with Crippen molar-refractivity contribution in [1.82, 2.24) is 14.1 Å². The van der Waals surface area contributed by atoms with Gasteiger partial charge >= 0.3 is 6.03 Å². The van der Waals surface area contributed by atoms with Crippen LogP contribution in [0.25, 0.3) is 0 Å². The summed E-state index contributed by atoms with van der Waals surface area (Å²) in [5, 5.41) is 0. The average molecular weight is 349 g/mol. The van der Waals surface area contributed by atoms with E-state index in [1.165, 1.54) is 0 Å². The molecule has 1 aliphatic carbocycles. The monoisotopic (exact) mass is 349 g/mol. The van der Waals surface area contributed by atoms with Crippen molar-refractivity contribution in [2.45, 2.75) is 29.7 Å². The van der Waals surface area contributed by atoms with Crippen molar-refractivity contribution in [1.29, 1.82) is 0 Å². The van der Waals surface area contributed by atoms with Gasteiger partial charge in [-0.25, -0.2) is 13.2 Å². The molecule has 2 heterocycles. The summed E-state index contributed by atoms with van der Waals surface area (Å²) in [6.07, 6.45) is 2.85. The van der Waals surface area contributed by atoms with E-state index in [0.29, 0.717) is 36.9 Å². The van der Waals surface area contributed by atoms with Gasteiger partial charge < -0.3 is 9.80 Å². The molecule has 2 fully saturated rings. The SMILES string of the molecule is CN(C)C(=O)N1CCC2(C1)c1ccccc1S(=O)(=O)N2CC1CC1. The second-order valence-electron chi connectivity index (χ2n) is 7.36. The first kappa shape index (κ1) is 15.9. The minimum atomic E-state index is -3.48. The van der Waals surface area contributed by atoms with E-state index in [9.17, 15) is 13.2 Å². The molecule has 1 aromatic rings. The van der Waals surface area contributed by atoms with Crippen molar-refractivity contribution in [2.75, 3.05) is 33.7 Å². The van der Waals surface area contributed by atoms with Gasteiger partial charge in [-0.3, -0.25) is 0 Å². The standard InChI is InChI=1S/C17H23N3O3S/c1-18(2)16(21)19-10-9-17(12-19)14-5-3-4-6-15(14)24(22,23)20(17)11-13-7-8-13/h3-6,13H,7-12H2,1-2H3. The van der Waals surface area contributed by atoms with Gasteiger partial charge in [-0.15, -0.1) is 0 Å². The summed E-state index contributed by atoms with van der Waals surface area (Å²) < 4.78 is 28.0. The summed E-state index contributed by atoms with van der Waals surface area (Å²) in [6.45, 7) is 1.59. The summed E-state index contributed by atoms with van der Waals surface area (Å²) in [6, 6.07) is 7.24. The Bertz CT molecular complexity index is 788. The van der Waals surface area contributed by atoms with Crippen molar-refractivity contribution >= 4 is 16.1 Å². The van der Waals surface area contributed by atoms with Crippen molar-refractivity contribution in [2.24, 2.45) is 5.92 Å². The highest BCUT2D eigenvalue weighted by atomic mass is 32.2. The Morgan fingerprint density at radius 2 is 2.00 bits per heavy atom. The molecule has 3 aliphatic rings. The Balaban J connectivity index is 1.78. The van der Waals surface area contributed by atoms with E-state index in [-0.39, 0.29) is 6.03 Å². The van der Waals surface area contributed by atoms with Gasteiger partial charge in [0.15, 0.2) is 0 Å². The third-order valence-electron chi connectivity index (χ3n) is 5.46. The zero-order valence-electron chi connectivity index (χ0n) is 14.1. The summed E-state index contributed by atoms with van der Waals surface area (Å²) in [7, 11) is -0.0193. The first-order chi connectivity index (χ1) is 11.4. The zero-order valence-corrected chi connectivity index (χ0v) is 14.9. The number of amides is 2. The third kappa shape index (κ3) is 2.18. The molecule has 1 saturated heterocycles. The highest BCUT2D eigenvalue weighted by molar-refractivity contribution is 7.89. The summed E-state index contributed by atoms with van der Waals surface area (Å²) in [5.74, 6) is 0.463. The van der Waals surface area contributed by atoms with Crippen molar-refractivity contribution < 1.29 is 13.2 Å². The van der Waals surface area contributed by atoms with Gasteiger partial charge in [-0.1, -0.05) is 18.2 Å². The molecule has 1 saturated carbocycles. The molecule has 7 heteroatoms. The van der Waals surface area contributed by atoms with E-state index >= 15 is 0 Å². The van der Waals surface area contributed by atoms with Crippen LogP contribution in [-0.4, -0.2) is 62.3 Å². The van der Waals surface area contributed by atoms with Gasteiger partial charge in [0.05, 0.1) is 10.4 Å². The fraction of sp³-hybridized carbons (Fsp3) is 0.588. The molecule has 1 atom stereocenters. The molecule has 1 spiro atoms. The molecule has 0 N–H and O–H groups in total. The average Bonchev–Trinajstić information content (AvgIpc) is 3.24. The lowest BCUT2D eigenvalue weighted by Crippen LogP contribution is -2.48. The molecular weight excluding hydrogens is 326 g/mol. The number of urea groups is 1. The van der Waals surface area contributed by atoms with Crippen LogP contribution in [0.2, 0.25) is 0 Å². The molecule has 6 nitrogen and oxygen atoms in total. The highest BCUT2D eigenvalue weighted by Crippen LogP contribution is 2.51. The molecule has 0 radical (unpaired) electrons. The van der Waals surface area contributed by atoms with Gasteiger partial charge in [0.25, 0.3) is 0 Å². The minimum Gasteiger partial charge on any atom is -0.331 e. The molecule has 4 rings (SSSR count). The van der Waals surface area contributed by atoms with Gasteiger partial charge in [0.1, 0.15) is 0 Å². The predicted molar refractivity (Wildman–Crippen MR) is 90.0 cm³/mol. The quantitative estimate of drug-likeness (QED) is 0.816. The van der Waals surface area contributed by atoms with Crippen LogP contribution < -0.4 is 0 Å². The van der Waals surface area contributed by atoms with Crippen LogP contribution in [-0.2, 0) is 15.6 Å². The van der Waals surface area contributed by atoms with Crippen molar-refractivity contribution in [3.05, 3.63) is 29.8 Å². The normalized spacial score (nSPS) is 28.3. The first-order valence-electron chi connectivity index (χ1n) is 8.45. The zero-order chi connectivity index (χ0) is 17.1. The second-order valence-corrected chi connectivity index (χ2v) is 9.19. The van der Waals surface area contributed by atoms with Crippen LogP contribution in [0.5, 0.6) is 0 Å². The van der Waals surface area contributed by atoms with Gasteiger partial charge in [0.2, 0.25) is 10.0 Å². The Labute approximate surface area is 143 Å². The topological polar surface area (TPSA) is 60.9 Å². The number of rotatable bonds is 2. The van der Waals surface area contributed by atoms with Crippen molar-refractivity contribution in [3.63, 3.8) is 0 Å². The third-order valence-corrected chi connectivity index (χ3v) is 7.45. The molecule has 2 amide bonds. The Morgan fingerprint density at radius 3 is 2.67 bits per heavy atom. The van der Waals surface area contributed by atoms with E-state index in [0.717, 1.165) is 18.4 Å². The Morgan fingerprint density at radius 1 is 1.29 bits per heavy atom. The van der Waals surface area contributed by atoms with E-state index in [4.69, 9.17) is 0 Å². The lowest BCUT2D eigenvalue weighted by Gasteiger charge is -2.34. The lowest BCUT2D eigenvalue weighted by molar-refractivity contribution is 0.162. The fourth-order valence-electron chi connectivity index (χ4n) is 4.03. The lowest BCUT2D eigenvalue weighted by atomic mass is 9.88. The van der Waals surface area contributed by atoms with E-state index in [2.05, 4.69) is 0 Å². The number of likely N-dealkylation sites (tertiary alicyclic amines) is 1. The molecule has 2 aliphatic heterocycles. The van der Waals surface area contributed by atoms with Crippen LogP contribution in [0.3, 0.4) is 0 Å². The fourth-order valence-corrected chi connectivity index (χ4v) is 6.17. The molecule has 130 valence electrons. The minimum absolute atomic E-state index is 0.0555. The Kier molecular flexibility index (Phi) is 3.44. The maximum Gasteiger partial charge on any atom is 0.319 e. The van der Waals surface area contributed by atoms with Gasteiger partial charge in [-0.05, 0) is 36.8 Å². The summed E-state index contributed by atoms with van der Waals surface area (Å²) in [4.78, 5) is 16.1. The first-order valence-corrected chi connectivity index (χ1v) is 9.89. The van der Waals surface area contributed by atoms with E-state index in [1.807, 2.05) is 12.1 Å². The summed E-state index contributed by atoms with van der Waals surface area (Å²) >= 11 is 0. The number of sulfonamides is 1. The highest BCUT2D eigenvalue weighted by Gasteiger charge is 2.58. The van der Waals surface area contributed by atoms with Crippen LogP contribution in [0, 0.1) is 5.92 Å². The predicted octanol–water partition coefficient (Wildman–Crippen LogP) is 1.68. The molecular formula is C17H23N3O3S. The number of carbonyl (C=O) groups excluding carboxylic acids is 1. The number of hydrogen-bond acceptors (Lipinski definition) is 3. The Hall–Kier alpha value is -1.60. The summed E-state index contributed by atoms with van der Waals surface area (Å²) in [5.41, 5.74) is 0.267. The molecule has 24 heavy (non-hydrogen) atoms. The largest absolute Gasteiger partial charge is 0.331 e. The number of fused-ring (bicyclic) bond motifs is 2. The number of nitrogens with zero attached hydrogens (tertiary/aromatic N) is 3. The van der Waals surface area contributed by atoms with Crippen LogP contribution in [0.4, 0.5) is 4.79 Å². The van der Waals surface area contributed by atoms with Crippen LogP contribution in [0.1, 0.15) is 24.8 Å². The van der Waals surface area contributed by atoms with Crippen LogP contribution >= 0.6 is 0 Å². The smallest absolute Gasteiger partial charge is 0.319 e.